The van der Waals surface area contributed by atoms with Gasteiger partial charge in [-0.1, -0.05) is 12.2 Å². The molecule has 0 saturated carbocycles. The van der Waals surface area contributed by atoms with Gasteiger partial charge in [0.05, 0.1) is 12.7 Å². The van der Waals surface area contributed by atoms with Crippen LogP contribution in [0.1, 0.15) is 0 Å². The zero-order valence-corrected chi connectivity index (χ0v) is 12.0. The number of nitrogens with zero attached hydrogens (tertiary/aromatic N) is 1. The first-order valence-electron chi connectivity index (χ1n) is 7.00. The first-order chi connectivity index (χ1) is 10.9. The minimum absolute atomic E-state index is 0.238. The summed E-state index contributed by atoms with van der Waals surface area (Å²) in [7, 11) is 0. The van der Waals surface area contributed by atoms with Gasteiger partial charge in [-0.3, -0.25) is 0 Å². The molecule has 1 heterocycles. The van der Waals surface area contributed by atoms with Crippen LogP contribution >= 0.6 is 0 Å². The predicted octanol–water partition coefficient (Wildman–Crippen LogP) is -3.09. The smallest absolute Gasteiger partial charge is 0.187 e. The van der Waals surface area contributed by atoms with Gasteiger partial charge in [-0.15, -0.1) is 0 Å². The highest BCUT2D eigenvalue weighted by molar-refractivity contribution is 5.34. The molecule has 8 atom stereocenters. The molecule has 23 heavy (non-hydrogen) atoms. The molecule has 2 rings (SSSR count). The summed E-state index contributed by atoms with van der Waals surface area (Å²) in [6.45, 7) is -0.624. The Hall–Kier alpha value is -1.35. The van der Waals surface area contributed by atoms with Gasteiger partial charge in [0.1, 0.15) is 42.7 Å². The lowest BCUT2D eigenvalue weighted by atomic mass is 9.93. The maximum Gasteiger partial charge on any atom is 0.187 e. The van der Waals surface area contributed by atoms with Crippen LogP contribution in [0.2, 0.25) is 0 Å². The summed E-state index contributed by atoms with van der Waals surface area (Å²) in [6, 6.07) is 1.77. The largest absolute Gasteiger partial charge is 0.394 e. The second-order valence-electron chi connectivity index (χ2n) is 5.37. The molecule has 128 valence electrons. The van der Waals surface area contributed by atoms with Crippen LogP contribution < -0.4 is 0 Å². The fraction of sp³-hybridized carbons (Fsp3) is 0.643. The number of aliphatic hydroxyl groups is 6. The predicted molar refractivity (Wildman–Crippen MR) is 73.5 cm³/mol. The SMILES string of the molecule is N#C/C=C1\C=C[C@@H](O)[C@H](O)[C@H]1O[C@H]1O[C@@H](CO)[C@H](O)[C@@H](O)[C@@H]1O. The molecule has 9 heteroatoms. The van der Waals surface area contributed by atoms with Crippen molar-refractivity contribution in [1.82, 2.24) is 0 Å². The van der Waals surface area contributed by atoms with Gasteiger partial charge in [0.15, 0.2) is 6.29 Å². The number of allylic oxidation sites excluding steroid dienone is 1. The molecule has 9 nitrogen and oxygen atoms in total. The first kappa shape index (κ1) is 18.0. The lowest BCUT2D eigenvalue weighted by Gasteiger charge is -2.42. The fourth-order valence-corrected chi connectivity index (χ4v) is 2.48. The standard InChI is InChI=1S/C14H19NO8/c15-4-3-6-1-2-7(17)9(18)13(6)23-14-12(21)11(20)10(19)8(5-16)22-14/h1-3,7-14,16-21H,5H2/b6-3+/t7-,8+,9+,10+,11-,12+,13+,14-/m1/s1. The minimum Gasteiger partial charge on any atom is -0.394 e. The van der Waals surface area contributed by atoms with Crippen LogP contribution in [0, 0.1) is 11.3 Å². The molecule has 0 spiro atoms. The van der Waals surface area contributed by atoms with E-state index in [4.69, 9.17) is 19.8 Å². The Balaban J connectivity index is 2.20. The molecule has 0 aromatic heterocycles. The molecule has 1 fully saturated rings. The number of hydrogen-bond donors (Lipinski definition) is 6. The van der Waals surface area contributed by atoms with E-state index in [0.717, 1.165) is 6.08 Å². The number of nitriles is 1. The van der Waals surface area contributed by atoms with Crippen LogP contribution in [0.15, 0.2) is 23.8 Å². The quantitative estimate of drug-likeness (QED) is 0.294. The molecule has 0 radical (unpaired) electrons. The van der Waals surface area contributed by atoms with Crippen LogP contribution in [-0.4, -0.2) is 86.3 Å². The Kier molecular flexibility index (Phi) is 5.85. The minimum atomic E-state index is -1.65. The number of aliphatic hydroxyl groups excluding tert-OH is 6. The summed E-state index contributed by atoms with van der Waals surface area (Å²) in [5.41, 5.74) is 0.238. The molecule has 1 saturated heterocycles. The van der Waals surface area contributed by atoms with E-state index in [1.165, 1.54) is 12.2 Å². The second kappa shape index (κ2) is 7.48. The summed E-state index contributed by atoms with van der Waals surface area (Å²) in [5, 5.41) is 66.9. The van der Waals surface area contributed by atoms with Crippen molar-refractivity contribution in [3.8, 4) is 6.07 Å². The van der Waals surface area contributed by atoms with Gasteiger partial charge < -0.3 is 40.1 Å². The molecule has 0 amide bonds. The molecular formula is C14H19NO8. The molecule has 0 bridgehead atoms. The third kappa shape index (κ3) is 3.60. The van der Waals surface area contributed by atoms with Crippen LogP contribution in [0.3, 0.4) is 0 Å². The lowest BCUT2D eigenvalue weighted by Crippen LogP contribution is -2.60. The maximum absolute atomic E-state index is 10.0. The van der Waals surface area contributed by atoms with Crippen molar-refractivity contribution < 1.29 is 40.1 Å². The number of ether oxygens (including phenoxy) is 2. The van der Waals surface area contributed by atoms with Gasteiger partial charge in [-0.2, -0.15) is 5.26 Å². The van der Waals surface area contributed by atoms with Crippen LogP contribution in [0.4, 0.5) is 0 Å². The molecule has 2 aliphatic rings. The van der Waals surface area contributed by atoms with Crippen LogP contribution in [-0.2, 0) is 9.47 Å². The average Bonchev–Trinajstić information content (AvgIpc) is 2.54. The summed E-state index contributed by atoms with van der Waals surface area (Å²) < 4.78 is 10.6. The molecule has 1 aliphatic heterocycles. The molecule has 6 N–H and O–H groups in total. The molecule has 0 aromatic carbocycles. The molecule has 0 unspecified atom stereocenters. The Bertz CT molecular complexity index is 513. The maximum atomic E-state index is 10.0. The van der Waals surface area contributed by atoms with Crippen molar-refractivity contribution in [1.29, 1.82) is 5.26 Å². The Morgan fingerprint density at radius 1 is 1.13 bits per heavy atom. The normalized spacial score (nSPS) is 45.9. The van der Waals surface area contributed by atoms with Crippen molar-refractivity contribution >= 4 is 0 Å². The first-order valence-corrected chi connectivity index (χ1v) is 7.00. The molecular weight excluding hydrogens is 310 g/mol. The van der Waals surface area contributed by atoms with E-state index in [1.807, 2.05) is 0 Å². The second-order valence-corrected chi connectivity index (χ2v) is 5.37. The monoisotopic (exact) mass is 329 g/mol. The number of hydrogen-bond acceptors (Lipinski definition) is 9. The van der Waals surface area contributed by atoms with E-state index in [9.17, 15) is 25.5 Å². The van der Waals surface area contributed by atoms with E-state index < -0.39 is 55.6 Å². The van der Waals surface area contributed by atoms with Gasteiger partial charge in [-0.25, -0.2) is 0 Å². The van der Waals surface area contributed by atoms with Gasteiger partial charge in [0.25, 0.3) is 0 Å². The topological polar surface area (TPSA) is 164 Å². The Morgan fingerprint density at radius 2 is 1.83 bits per heavy atom. The van der Waals surface area contributed by atoms with Crippen molar-refractivity contribution in [2.24, 2.45) is 0 Å². The Labute approximate surface area is 131 Å². The van der Waals surface area contributed by atoms with Crippen molar-refractivity contribution in [2.45, 2.75) is 49.0 Å². The van der Waals surface area contributed by atoms with E-state index in [1.54, 1.807) is 6.07 Å². The van der Waals surface area contributed by atoms with Gasteiger partial charge in [0.2, 0.25) is 0 Å². The fourth-order valence-electron chi connectivity index (χ4n) is 2.48. The third-order valence-corrected chi connectivity index (χ3v) is 3.83. The third-order valence-electron chi connectivity index (χ3n) is 3.83. The summed E-state index contributed by atoms with van der Waals surface area (Å²) >= 11 is 0. The molecule has 0 aromatic rings. The Morgan fingerprint density at radius 3 is 2.43 bits per heavy atom. The zero-order valence-electron chi connectivity index (χ0n) is 12.0. The van der Waals surface area contributed by atoms with E-state index in [-0.39, 0.29) is 5.57 Å². The highest BCUT2D eigenvalue weighted by Gasteiger charge is 2.46. The highest BCUT2D eigenvalue weighted by atomic mass is 16.7. The van der Waals surface area contributed by atoms with Crippen molar-refractivity contribution in [2.75, 3.05) is 6.61 Å². The van der Waals surface area contributed by atoms with Crippen molar-refractivity contribution in [3.63, 3.8) is 0 Å². The summed E-state index contributed by atoms with van der Waals surface area (Å²) in [5.74, 6) is 0. The molecule has 1 aliphatic carbocycles. The highest BCUT2D eigenvalue weighted by Crippen LogP contribution is 2.28. The average molecular weight is 329 g/mol. The van der Waals surface area contributed by atoms with E-state index >= 15 is 0 Å². The summed E-state index contributed by atoms with van der Waals surface area (Å²) in [4.78, 5) is 0. The van der Waals surface area contributed by atoms with Crippen LogP contribution in [0.5, 0.6) is 0 Å². The van der Waals surface area contributed by atoms with Gasteiger partial charge in [-0.05, 0) is 5.57 Å². The lowest BCUT2D eigenvalue weighted by molar-refractivity contribution is -0.314. The summed E-state index contributed by atoms with van der Waals surface area (Å²) in [6.07, 6.45) is -7.57. The zero-order chi connectivity index (χ0) is 17.1. The van der Waals surface area contributed by atoms with Gasteiger partial charge >= 0.3 is 0 Å². The van der Waals surface area contributed by atoms with Gasteiger partial charge in [0, 0.05) is 6.08 Å². The van der Waals surface area contributed by atoms with E-state index in [2.05, 4.69) is 0 Å². The number of rotatable bonds is 3. The van der Waals surface area contributed by atoms with E-state index in [0.29, 0.717) is 0 Å². The van der Waals surface area contributed by atoms with Crippen LogP contribution in [0.25, 0.3) is 0 Å². The van der Waals surface area contributed by atoms with Crippen molar-refractivity contribution in [3.05, 3.63) is 23.8 Å².